The minimum absolute atomic E-state index is 0.0604. The highest BCUT2D eigenvalue weighted by Crippen LogP contribution is 2.17. The summed E-state index contributed by atoms with van der Waals surface area (Å²) < 4.78 is 19.6. The van der Waals surface area contributed by atoms with Gasteiger partial charge in [0.05, 0.1) is 13.2 Å². The van der Waals surface area contributed by atoms with Gasteiger partial charge in [0, 0.05) is 31.2 Å². The predicted molar refractivity (Wildman–Crippen MR) is 81.8 cm³/mol. The second kappa shape index (κ2) is 7.34. The molecule has 0 amide bonds. The van der Waals surface area contributed by atoms with Gasteiger partial charge in [0.1, 0.15) is 5.82 Å². The fourth-order valence-corrected chi connectivity index (χ4v) is 3.23. The summed E-state index contributed by atoms with van der Waals surface area (Å²) >= 11 is 0. The van der Waals surface area contributed by atoms with E-state index in [-0.39, 0.29) is 5.82 Å². The third-order valence-corrected chi connectivity index (χ3v) is 4.51. The lowest BCUT2D eigenvalue weighted by atomic mass is 9.97. The van der Waals surface area contributed by atoms with Crippen LogP contribution in [0.25, 0.3) is 0 Å². The van der Waals surface area contributed by atoms with Crippen LogP contribution in [0.3, 0.4) is 0 Å². The van der Waals surface area contributed by atoms with Crippen molar-refractivity contribution >= 4 is 0 Å². The first-order valence-corrected chi connectivity index (χ1v) is 8.12. The summed E-state index contributed by atoms with van der Waals surface area (Å²) in [5.74, 6) is -0.0604. The Morgan fingerprint density at radius 1 is 1.24 bits per heavy atom. The summed E-state index contributed by atoms with van der Waals surface area (Å²) in [6.45, 7) is 5.10. The number of rotatable bonds is 4. The van der Waals surface area contributed by atoms with E-state index < -0.39 is 0 Å². The fourth-order valence-electron chi connectivity index (χ4n) is 3.23. The van der Waals surface area contributed by atoms with Gasteiger partial charge in [-0.2, -0.15) is 0 Å². The van der Waals surface area contributed by atoms with Crippen molar-refractivity contribution in [1.82, 2.24) is 10.2 Å². The molecule has 0 spiro atoms. The molecule has 1 N–H and O–H groups in total. The van der Waals surface area contributed by atoms with Crippen LogP contribution in [0.15, 0.2) is 18.2 Å². The zero-order chi connectivity index (χ0) is 14.5. The van der Waals surface area contributed by atoms with E-state index in [1.165, 1.54) is 19.3 Å². The van der Waals surface area contributed by atoms with E-state index in [1.807, 2.05) is 6.07 Å². The second-order valence-electron chi connectivity index (χ2n) is 6.17. The van der Waals surface area contributed by atoms with Crippen LogP contribution in [-0.2, 0) is 17.7 Å². The van der Waals surface area contributed by atoms with Gasteiger partial charge in [-0.1, -0.05) is 18.6 Å². The van der Waals surface area contributed by atoms with Crippen molar-refractivity contribution in [3.63, 3.8) is 0 Å². The molecular weight excluding hydrogens is 267 g/mol. The number of benzene rings is 1. The van der Waals surface area contributed by atoms with Crippen LogP contribution in [0.1, 0.15) is 30.4 Å². The number of ether oxygens (including phenoxy) is 1. The highest BCUT2D eigenvalue weighted by atomic mass is 19.1. The largest absolute Gasteiger partial charge is 0.379 e. The van der Waals surface area contributed by atoms with Crippen molar-refractivity contribution in [3.8, 4) is 0 Å². The van der Waals surface area contributed by atoms with Crippen LogP contribution in [-0.4, -0.2) is 43.8 Å². The third-order valence-electron chi connectivity index (χ3n) is 4.51. The van der Waals surface area contributed by atoms with Gasteiger partial charge in [-0.25, -0.2) is 4.39 Å². The SMILES string of the molecule is Fc1cc(CC2CCCCN2)ccc1CN1CCOCC1. The standard InChI is InChI=1S/C17H25FN2O/c18-17-12-14(11-16-3-1-2-6-19-16)4-5-15(17)13-20-7-9-21-10-8-20/h4-5,12,16,19H,1-3,6-11,13H2. The maximum Gasteiger partial charge on any atom is 0.127 e. The summed E-state index contributed by atoms with van der Waals surface area (Å²) in [6.07, 6.45) is 4.70. The molecule has 0 aromatic heterocycles. The Labute approximate surface area is 126 Å². The summed E-state index contributed by atoms with van der Waals surface area (Å²) in [5.41, 5.74) is 1.91. The maximum atomic E-state index is 14.3. The number of halogens is 1. The molecule has 2 heterocycles. The maximum absolute atomic E-state index is 14.3. The Hall–Kier alpha value is -0.970. The highest BCUT2D eigenvalue weighted by Gasteiger charge is 2.16. The molecule has 2 saturated heterocycles. The lowest BCUT2D eigenvalue weighted by Crippen LogP contribution is -2.36. The van der Waals surface area contributed by atoms with E-state index in [4.69, 9.17) is 4.74 Å². The van der Waals surface area contributed by atoms with E-state index in [9.17, 15) is 4.39 Å². The van der Waals surface area contributed by atoms with Gasteiger partial charge in [0.15, 0.2) is 0 Å². The zero-order valence-corrected chi connectivity index (χ0v) is 12.6. The van der Waals surface area contributed by atoms with E-state index in [0.29, 0.717) is 12.6 Å². The molecule has 4 heteroatoms. The van der Waals surface area contributed by atoms with Crippen molar-refractivity contribution < 1.29 is 9.13 Å². The van der Waals surface area contributed by atoms with Crippen LogP contribution in [0.2, 0.25) is 0 Å². The van der Waals surface area contributed by atoms with Gasteiger partial charge in [-0.3, -0.25) is 4.90 Å². The molecule has 116 valence electrons. The Kier molecular flexibility index (Phi) is 5.22. The second-order valence-corrected chi connectivity index (χ2v) is 6.17. The fraction of sp³-hybridized carbons (Fsp3) is 0.647. The van der Waals surface area contributed by atoms with Gasteiger partial charge in [0.25, 0.3) is 0 Å². The average molecular weight is 292 g/mol. The Bertz CT molecular complexity index is 454. The monoisotopic (exact) mass is 292 g/mol. The lowest BCUT2D eigenvalue weighted by molar-refractivity contribution is 0.0337. The van der Waals surface area contributed by atoms with Crippen molar-refractivity contribution in [2.75, 3.05) is 32.8 Å². The van der Waals surface area contributed by atoms with Gasteiger partial charge in [-0.15, -0.1) is 0 Å². The third kappa shape index (κ3) is 4.25. The molecule has 0 saturated carbocycles. The molecule has 2 aliphatic rings. The first kappa shape index (κ1) is 14.9. The number of hydrogen-bond acceptors (Lipinski definition) is 3. The first-order chi connectivity index (χ1) is 10.3. The first-order valence-electron chi connectivity index (χ1n) is 8.12. The molecule has 3 rings (SSSR count). The zero-order valence-electron chi connectivity index (χ0n) is 12.6. The van der Waals surface area contributed by atoms with Crippen molar-refractivity contribution in [2.24, 2.45) is 0 Å². The molecule has 2 aliphatic heterocycles. The molecule has 1 aromatic carbocycles. The van der Waals surface area contributed by atoms with Crippen LogP contribution in [0.4, 0.5) is 4.39 Å². The van der Waals surface area contributed by atoms with Crippen molar-refractivity contribution in [1.29, 1.82) is 0 Å². The molecular formula is C17H25FN2O. The molecule has 0 radical (unpaired) electrons. The summed E-state index contributed by atoms with van der Waals surface area (Å²) in [5, 5.41) is 3.52. The van der Waals surface area contributed by atoms with Crippen LogP contribution < -0.4 is 5.32 Å². The quantitative estimate of drug-likeness (QED) is 0.922. The highest BCUT2D eigenvalue weighted by molar-refractivity contribution is 5.25. The Morgan fingerprint density at radius 3 is 2.81 bits per heavy atom. The smallest absolute Gasteiger partial charge is 0.127 e. The minimum atomic E-state index is -0.0604. The predicted octanol–water partition coefficient (Wildman–Crippen LogP) is 2.34. The van der Waals surface area contributed by atoms with Crippen LogP contribution in [0, 0.1) is 5.82 Å². The van der Waals surface area contributed by atoms with E-state index >= 15 is 0 Å². The number of nitrogens with one attached hydrogen (secondary N) is 1. The average Bonchev–Trinajstić information content (AvgIpc) is 2.52. The van der Waals surface area contributed by atoms with E-state index in [2.05, 4.69) is 16.3 Å². The molecule has 1 aromatic rings. The van der Waals surface area contributed by atoms with Crippen molar-refractivity contribution in [3.05, 3.63) is 35.1 Å². The molecule has 0 aliphatic carbocycles. The van der Waals surface area contributed by atoms with E-state index in [0.717, 1.165) is 50.4 Å². The van der Waals surface area contributed by atoms with Crippen LogP contribution >= 0.6 is 0 Å². The van der Waals surface area contributed by atoms with Gasteiger partial charge >= 0.3 is 0 Å². The number of nitrogens with zero attached hydrogens (tertiary/aromatic N) is 1. The number of morpholine rings is 1. The van der Waals surface area contributed by atoms with Crippen molar-refractivity contribution in [2.45, 2.75) is 38.3 Å². The normalized spacial score (nSPS) is 24.1. The summed E-state index contributed by atoms with van der Waals surface area (Å²) in [7, 11) is 0. The Balaban J connectivity index is 1.59. The number of piperidine rings is 1. The molecule has 2 fully saturated rings. The molecule has 0 bridgehead atoms. The Morgan fingerprint density at radius 2 is 2.10 bits per heavy atom. The molecule has 3 nitrogen and oxygen atoms in total. The molecule has 21 heavy (non-hydrogen) atoms. The number of hydrogen-bond donors (Lipinski definition) is 1. The van der Waals surface area contributed by atoms with E-state index in [1.54, 1.807) is 6.07 Å². The molecule has 1 atom stereocenters. The lowest BCUT2D eigenvalue weighted by Gasteiger charge is -2.27. The molecule has 1 unspecified atom stereocenters. The van der Waals surface area contributed by atoms with Gasteiger partial charge in [-0.05, 0) is 37.4 Å². The summed E-state index contributed by atoms with van der Waals surface area (Å²) in [4.78, 5) is 2.25. The van der Waals surface area contributed by atoms with Gasteiger partial charge in [0.2, 0.25) is 0 Å². The van der Waals surface area contributed by atoms with Gasteiger partial charge < -0.3 is 10.1 Å². The topological polar surface area (TPSA) is 24.5 Å². The minimum Gasteiger partial charge on any atom is -0.379 e. The summed E-state index contributed by atoms with van der Waals surface area (Å²) in [6, 6.07) is 6.30. The van der Waals surface area contributed by atoms with Crippen LogP contribution in [0.5, 0.6) is 0 Å².